The third kappa shape index (κ3) is 3.74. The molecule has 1 aliphatic heterocycles. The Hall–Kier alpha value is -3.42. The van der Waals surface area contributed by atoms with Gasteiger partial charge in [-0.25, -0.2) is 9.97 Å². The van der Waals surface area contributed by atoms with Crippen molar-refractivity contribution in [1.29, 1.82) is 0 Å². The number of nitrogens with one attached hydrogen (secondary N) is 1. The minimum Gasteiger partial charge on any atom is -0.467 e. The standard InChI is InChI=1S/C19H19N5O3/c25-17-9-15(11-24(17)12-16-4-2-8-27-16)19(26)22-10-14-3-1-5-21-18(14)23-7-6-20-13-23/h1-8,13,15H,9-12H2,(H,22,26). The Kier molecular flexibility index (Phi) is 4.69. The highest BCUT2D eigenvalue weighted by atomic mass is 16.3. The predicted octanol–water partition coefficient (Wildman–Crippen LogP) is 1.53. The Morgan fingerprint density at radius 3 is 3.00 bits per heavy atom. The molecule has 1 atom stereocenters. The fourth-order valence-corrected chi connectivity index (χ4v) is 3.20. The van der Waals surface area contributed by atoms with Gasteiger partial charge in [-0.05, 0) is 18.2 Å². The topological polar surface area (TPSA) is 93.3 Å². The summed E-state index contributed by atoms with van der Waals surface area (Å²) >= 11 is 0. The van der Waals surface area contributed by atoms with Crippen LogP contribution in [0.4, 0.5) is 0 Å². The SMILES string of the molecule is O=C(NCc1cccnc1-n1ccnc1)C1CC(=O)N(Cc2ccco2)C1. The Morgan fingerprint density at radius 1 is 1.30 bits per heavy atom. The summed E-state index contributed by atoms with van der Waals surface area (Å²) in [5, 5.41) is 2.93. The molecular formula is C19H19N5O3. The summed E-state index contributed by atoms with van der Waals surface area (Å²) in [5.41, 5.74) is 0.876. The molecule has 3 aromatic rings. The second-order valence-corrected chi connectivity index (χ2v) is 6.43. The highest BCUT2D eigenvalue weighted by Crippen LogP contribution is 2.21. The molecule has 4 rings (SSSR count). The lowest BCUT2D eigenvalue weighted by atomic mass is 10.1. The van der Waals surface area contributed by atoms with Crippen molar-refractivity contribution in [3.05, 3.63) is 66.8 Å². The molecule has 8 nitrogen and oxygen atoms in total. The van der Waals surface area contributed by atoms with Gasteiger partial charge in [-0.1, -0.05) is 6.07 Å². The number of carbonyl (C=O) groups excluding carboxylic acids is 2. The number of amides is 2. The number of likely N-dealkylation sites (tertiary alicyclic amines) is 1. The van der Waals surface area contributed by atoms with Crippen LogP contribution in [0.2, 0.25) is 0 Å². The van der Waals surface area contributed by atoms with Crippen LogP contribution in [0.25, 0.3) is 5.82 Å². The molecule has 1 saturated heterocycles. The van der Waals surface area contributed by atoms with E-state index in [2.05, 4.69) is 15.3 Å². The van der Waals surface area contributed by atoms with Crippen molar-refractivity contribution >= 4 is 11.8 Å². The van der Waals surface area contributed by atoms with Gasteiger partial charge in [0.1, 0.15) is 17.9 Å². The molecule has 8 heteroatoms. The smallest absolute Gasteiger partial charge is 0.225 e. The van der Waals surface area contributed by atoms with Crippen molar-refractivity contribution in [3.63, 3.8) is 0 Å². The summed E-state index contributed by atoms with van der Waals surface area (Å²) in [6.45, 7) is 1.12. The first-order valence-corrected chi connectivity index (χ1v) is 8.71. The van der Waals surface area contributed by atoms with Gasteiger partial charge in [0.15, 0.2) is 0 Å². The van der Waals surface area contributed by atoms with Crippen LogP contribution in [0.5, 0.6) is 0 Å². The molecule has 138 valence electrons. The molecule has 2 amide bonds. The van der Waals surface area contributed by atoms with Crippen LogP contribution < -0.4 is 5.32 Å². The van der Waals surface area contributed by atoms with Crippen LogP contribution in [0.1, 0.15) is 17.7 Å². The summed E-state index contributed by atoms with van der Waals surface area (Å²) in [5.74, 6) is 0.903. The molecular weight excluding hydrogens is 346 g/mol. The number of imidazole rings is 1. The molecule has 0 saturated carbocycles. The molecule has 1 unspecified atom stereocenters. The van der Waals surface area contributed by atoms with E-state index in [9.17, 15) is 9.59 Å². The second-order valence-electron chi connectivity index (χ2n) is 6.43. The summed E-state index contributed by atoms with van der Waals surface area (Å²) in [6, 6.07) is 7.34. The lowest BCUT2D eigenvalue weighted by molar-refractivity contribution is -0.129. The summed E-state index contributed by atoms with van der Waals surface area (Å²) in [4.78, 5) is 34.8. The van der Waals surface area contributed by atoms with Crippen LogP contribution >= 0.6 is 0 Å². The zero-order chi connectivity index (χ0) is 18.6. The minimum absolute atomic E-state index is 0.0352. The van der Waals surface area contributed by atoms with Gasteiger partial charge in [-0.2, -0.15) is 0 Å². The van der Waals surface area contributed by atoms with Gasteiger partial charge in [-0.15, -0.1) is 0 Å². The van der Waals surface area contributed by atoms with Crippen LogP contribution in [0.3, 0.4) is 0 Å². The highest BCUT2D eigenvalue weighted by Gasteiger charge is 2.34. The van der Waals surface area contributed by atoms with Gasteiger partial charge < -0.3 is 14.6 Å². The number of hydrogen-bond acceptors (Lipinski definition) is 5. The predicted molar refractivity (Wildman–Crippen MR) is 95.4 cm³/mol. The van der Waals surface area contributed by atoms with E-state index in [1.165, 1.54) is 0 Å². The lowest BCUT2D eigenvalue weighted by Crippen LogP contribution is -2.32. The lowest BCUT2D eigenvalue weighted by Gasteiger charge is -2.15. The molecule has 0 radical (unpaired) electrons. The third-order valence-corrected chi connectivity index (χ3v) is 4.58. The molecule has 27 heavy (non-hydrogen) atoms. The van der Waals surface area contributed by atoms with E-state index in [4.69, 9.17) is 4.42 Å². The van der Waals surface area contributed by atoms with E-state index in [1.54, 1.807) is 46.7 Å². The maximum Gasteiger partial charge on any atom is 0.225 e. The van der Waals surface area contributed by atoms with Gasteiger partial charge in [0, 0.05) is 43.7 Å². The number of nitrogens with zero attached hydrogens (tertiary/aromatic N) is 4. The zero-order valence-electron chi connectivity index (χ0n) is 14.6. The fraction of sp³-hybridized carbons (Fsp3) is 0.263. The Balaban J connectivity index is 1.37. The summed E-state index contributed by atoms with van der Waals surface area (Å²) < 4.78 is 7.08. The molecule has 4 heterocycles. The Bertz CT molecular complexity index is 921. The van der Waals surface area contributed by atoms with Crippen LogP contribution in [0, 0.1) is 5.92 Å². The first-order valence-electron chi connectivity index (χ1n) is 8.71. The third-order valence-electron chi connectivity index (χ3n) is 4.58. The van der Waals surface area contributed by atoms with Crippen molar-refractivity contribution in [2.24, 2.45) is 5.92 Å². The maximum atomic E-state index is 12.6. The van der Waals surface area contributed by atoms with Gasteiger partial charge in [0.05, 0.1) is 18.7 Å². The summed E-state index contributed by atoms with van der Waals surface area (Å²) in [7, 11) is 0. The molecule has 1 aliphatic rings. The van der Waals surface area contributed by atoms with Gasteiger partial charge in [0.25, 0.3) is 0 Å². The van der Waals surface area contributed by atoms with Gasteiger partial charge >= 0.3 is 0 Å². The number of rotatable bonds is 6. The number of aromatic nitrogens is 3. The average molecular weight is 365 g/mol. The largest absolute Gasteiger partial charge is 0.467 e. The van der Waals surface area contributed by atoms with E-state index in [0.717, 1.165) is 11.4 Å². The minimum atomic E-state index is -0.360. The first-order chi connectivity index (χ1) is 13.2. The van der Waals surface area contributed by atoms with E-state index in [1.807, 2.05) is 18.2 Å². The Morgan fingerprint density at radius 2 is 2.22 bits per heavy atom. The van der Waals surface area contributed by atoms with Crippen LogP contribution in [0.15, 0.2) is 59.9 Å². The molecule has 1 fully saturated rings. The van der Waals surface area contributed by atoms with Crippen molar-refractivity contribution in [2.45, 2.75) is 19.5 Å². The second kappa shape index (κ2) is 7.45. The zero-order valence-corrected chi connectivity index (χ0v) is 14.6. The van der Waals surface area contributed by atoms with Crippen LogP contribution in [-0.4, -0.2) is 37.8 Å². The molecule has 0 bridgehead atoms. The van der Waals surface area contributed by atoms with Gasteiger partial charge in [0.2, 0.25) is 11.8 Å². The number of carbonyl (C=O) groups is 2. The van der Waals surface area contributed by atoms with Crippen molar-refractivity contribution in [2.75, 3.05) is 6.54 Å². The first kappa shape index (κ1) is 17.0. The normalized spacial score (nSPS) is 16.7. The molecule has 0 spiro atoms. The number of furan rings is 1. The fourth-order valence-electron chi connectivity index (χ4n) is 3.20. The maximum absolute atomic E-state index is 12.6. The molecule has 3 aromatic heterocycles. The number of pyridine rings is 1. The Labute approximate surface area is 155 Å². The molecule has 1 N–H and O–H groups in total. The van der Waals surface area contributed by atoms with Crippen LogP contribution in [-0.2, 0) is 22.7 Å². The van der Waals surface area contributed by atoms with E-state index < -0.39 is 0 Å². The summed E-state index contributed by atoms with van der Waals surface area (Å²) in [6.07, 6.45) is 8.63. The highest BCUT2D eigenvalue weighted by molar-refractivity contribution is 5.89. The van der Waals surface area contributed by atoms with E-state index in [0.29, 0.717) is 25.4 Å². The number of hydrogen-bond donors (Lipinski definition) is 1. The monoisotopic (exact) mass is 365 g/mol. The van der Waals surface area contributed by atoms with E-state index >= 15 is 0 Å². The molecule has 0 aliphatic carbocycles. The van der Waals surface area contributed by atoms with Crippen molar-refractivity contribution < 1.29 is 14.0 Å². The van der Waals surface area contributed by atoms with Crippen molar-refractivity contribution in [3.8, 4) is 5.82 Å². The molecule has 0 aromatic carbocycles. The average Bonchev–Trinajstić information content (AvgIpc) is 3.43. The van der Waals surface area contributed by atoms with Crippen molar-refractivity contribution in [1.82, 2.24) is 24.8 Å². The van der Waals surface area contributed by atoms with Gasteiger partial charge in [-0.3, -0.25) is 14.2 Å². The van der Waals surface area contributed by atoms with E-state index in [-0.39, 0.29) is 24.2 Å². The quantitative estimate of drug-likeness (QED) is 0.715.